The van der Waals surface area contributed by atoms with Gasteiger partial charge in [0.05, 0.1) is 24.1 Å². The van der Waals surface area contributed by atoms with E-state index in [1.54, 1.807) is 31.2 Å². The lowest BCUT2D eigenvalue weighted by atomic mass is 9.56. The quantitative estimate of drug-likeness (QED) is 0.152. The number of aromatic hydroxyl groups is 1. The number of phenolic OH excluding ortho intramolecular Hbond substituents is 1. The number of carbonyl (C=O) groups is 5. The lowest BCUT2D eigenvalue weighted by Crippen LogP contribution is -2.60. The van der Waals surface area contributed by atoms with Gasteiger partial charge in [0.2, 0.25) is 11.8 Å². The SMILES string of the molecule is CCOc1cccc(C2C3=CCC4C(=O)N(CCCCCC(=O)O)C(=O)C4C3CC3(Cl)C(=O)N(c4ccc(F)cc4)C(=O)C23Cl)c1O. The van der Waals surface area contributed by atoms with E-state index in [0.29, 0.717) is 24.8 Å². The monoisotopic (exact) mass is 686 g/mol. The molecule has 13 heteroatoms. The second-order valence-electron chi connectivity index (χ2n) is 12.4. The fourth-order valence-electron chi connectivity index (χ4n) is 7.80. The minimum atomic E-state index is -2.19. The van der Waals surface area contributed by atoms with E-state index in [2.05, 4.69) is 0 Å². The molecule has 2 aliphatic carbocycles. The third-order valence-corrected chi connectivity index (χ3v) is 11.3. The Labute approximate surface area is 280 Å². The number of allylic oxidation sites excluding steroid dienone is 2. The van der Waals surface area contributed by atoms with E-state index < -0.39 is 62.9 Å². The Bertz CT molecular complexity index is 1700. The molecule has 2 aromatic rings. The van der Waals surface area contributed by atoms with Gasteiger partial charge in [0.25, 0.3) is 11.8 Å². The van der Waals surface area contributed by atoms with E-state index in [4.69, 9.17) is 33.0 Å². The molecular weight excluding hydrogens is 654 g/mol. The number of para-hydroxylation sites is 1. The number of aliphatic carboxylic acids is 1. The van der Waals surface area contributed by atoms with Gasteiger partial charge < -0.3 is 14.9 Å². The van der Waals surface area contributed by atoms with Gasteiger partial charge in [0, 0.05) is 24.4 Å². The van der Waals surface area contributed by atoms with Crippen LogP contribution >= 0.6 is 23.2 Å². The highest BCUT2D eigenvalue weighted by Gasteiger charge is 2.77. The highest BCUT2D eigenvalue weighted by atomic mass is 35.5. The molecule has 3 fully saturated rings. The summed E-state index contributed by atoms with van der Waals surface area (Å²) < 4.78 is 19.5. The number of likely N-dealkylation sites (tertiary alicyclic amines) is 1. The Hall–Kier alpha value is -3.96. The molecule has 2 heterocycles. The first kappa shape index (κ1) is 33.0. The molecule has 6 rings (SSSR count). The van der Waals surface area contributed by atoms with Crippen LogP contribution in [0.1, 0.15) is 56.9 Å². The van der Waals surface area contributed by atoms with Gasteiger partial charge in [-0.3, -0.25) is 28.9 Å². The Balaban J connectivity index is 1.44. The van der Waals surface area contributed by atoms with E-state index in [0.717, 1.165) is 17.0 Å². The summed E-state index contributed by atoms with van der Waals surface area (Å²) in [7, 11) is 0. The van der Waals surface area contributed by atoms with Crippen molar-refractivity contribution in [3.63, 3.8) is 0 Å². The van der Waals surface area contributed by atoms with Crippen molar-refractivity contribution in [2.24, 2.45) is 17.8 Å². The number of ether oxygens (including phenoxy) is 1. The summed E-state index contributed by atoms with van der Waals surface area (Å²) in [5.41, 5.74) is 0.727. The third kappa shape index (κ3) is 5.01. The predicted octanol–water partition coefficient (Wildman–Crippen LogP) is 5.14. The van der Waals surface area contributed by atoms with Crippen LogP contribution in [-0.2, 0) is 24.0 Å². The van der Waals surface area contributed by atoms with Crippen LogP contribution in [0.15, 0.2) is 54.1 Å². The summed E-state index contributed by atoms with van der Waals surface area (Å²) >= 11 is 14.7. The van der Waals surface area contributed by atoms with Crippen LogP contribution in [0.3, 0.4) is 0 Å². The first-order valence-corrected chi connectivity index (χ1v) is 16.4. The van der Waals surface area contributed by atoms with Crippen molar-refractivity contribution >= 4 is 58.5 Å². The van der Waals surface area contributed by atoms with Crippen molar-refractivity contribution in [2.45, 2.75) is 61.1 Å². The maximum absolute atomic E-state index is 14.4. The second kappa shape index (κ2) is 12.2. The number of amides is 4. The van der Waals surface area contributed by atoms with E-state index >= 15 is 0 Å². The highest BCUT2D eigenvalue weighted by Crippen LogP contribution is 2.66. The molecule has 1 saturated carbocycles. The van der Waals surface area contributed by atoms with Crippen molar-refractivity contribution in [3.05, 3.63) is 65.5 Å². The van der Waals surface area contributed by atoms with E-state index in [1.165, 1.54) is 17.0 Å². The molecule has 10 nitrogen and oxygen atoms in total. The number of fused-ring (bicyclic) bond motifs is 4. The number of benzene rings is 2. The summed E-state index contributed by atoms with van der Waals surface area (Å²) in [6, 6.07) is 9.44. The minimum absolute atomic E-state index is 0.0130. The average Bonchev–Trinajstić information content (AvgIpc) is 3.36. The van der Waals surface area contributed by atoms with Gasteiger partial charge in [0.15, 0.2) is 21.2 Å². The zero-order valence-electron chi connectivity index (χ0n) is 25.5. The maximum atomic E-state index is 14.4. The number of hydrogen-bond acceptors (Lipinski definition) is 7. The molecule has 0 aromatic heterocycles. The lowest BCUT2D eigenvalue weighted by molar-refractivity contribution is -0.141. The van der Waals surface area contributed by atoms with Gasteiger partial charge in [0.1, 0.15) is 5.82 Å². The zero-order valence-corrected chi connectivity index (χ0v) is 27.0. The van der Waals surface area contributed by atoms with Crippen LogP contribution in [0.25, 0.3) is 0 Å². The smallest absolute Gasteiger partial charge is 0.303 e. The van der Waals surface area contributed by atoms with E-state index in [9.17, 15) is 33.5 Å². The number of carbonyl (C=O) groups excluding carboxylic acids is 4. The summed E-state index contributed by atoms with van der Waals surface area (Å²) in [5, 5.41) is 20.4. The topological polar surface area (TPSA) is 142 Å². The number of alkyl halides is 2. The maximum Gasteiger partial charge on any atom is 0.303 e. The zero-order chi connectivity index (χ0) is 33.8. The molecule has 2 saturated heterocycles. The number of carboxylic acids is 1. The Morgan fingerprint density at radius 2 is 1.72 bits per heavy atom. The lowest BCUT2D eigenvalue weighted by Gasteiger charge is -2.50. The fraction of sp³-hybridized carbons (Fsp3) is 0.441. The predicted molar refractivity (Wildman–Crippen MR) is 169 cm³/mol. The molecular formula is C34H33Cl2FN2O8. The van der Waals surface area contributed by atoms with Crippen molar-refractivity contribution in [3.8, 4) is 11.5 Å². The summed E-state index contributed by atoms with van der Waals surface area (Å²) in [6.45, 7) is 2.08. The molecule has 0 spiro atoms. The third-order valence-electron chi connectivity index (χ3n) is 9.90. The molecule has 47 heavy (non-hydrogen) atoms. The fourth-order valence-corrected chi connectivity index (χ4v) is 8.72. The number of nitrogens with zero attached hydrogens (tertiary/aromatic N) is 2. The van der Waals surface area contributed by atoms with Gasteiger partial charge in [-0.05, 0) is 68.9 Å². The van der Waals surface area contributed by atoms with E-state index in [1.807, 2.05) is 0 Å². The largest absolute Gasteiger partial charge is 0.504 e. The molecule has 6 atom stereocenters. The standard InChI is InChI=1S/C34H33Cl2FN2O8/c1-2-47-24-8-6-7-22(28(24)42)27-20-14-15-21-26(30(44)38(29(21)43)16-5-3-4-9-25(40)41)23(20)17-33(35)31(45)39(32(46)34(27,33)36)19-12-10-18(37)11-13-19/h6-8,10-14,21,23,26-27,42H,2-5,9,15-17H2,1H3,(H,40,41). The van der Waals surface area contributed by atoms with Gasteiger partial charge in [-0.2, -0.15) is 0 Å². The normalized spacial score (nSPS) is 29.8. The van der Waals surface area contributed by atoms with Crippen LogP contribution < -0.4 is 9.64 Å². The average molecular weight is 688 g/mol. The molecule has 4 amide bonds. The highest BCUT2D eigenvalue weighted by molar-refractivity contribution is 6.58. The number of anilines is 1. The number of carboxylic acid groups (broad SMARTS) is 1. The minimum Gasteiger partial charge on any atom is -0.504 e. The Morgan fingerprint density at radius 1 is 1.00 bits per heavy atom. The number of hydrogen-bond donors (Lipinski definition) is 2. The Kier molecular flexibility index (Phi) is 8.59. The molecule has 248 valence electrons. The molecule has 4 aliphatic rings. The first-order chi connectivity index (χ1) is 22.4. The Morgan fingerprint density at radius 3 is 2.40 bits per heavy atom. The van der Waals surface area contributed by atoms with Crippen molar-refractivity contribution in [2.75, 3.05) is 18.1 Å². The van der Waals surface area contributed by atoms with Gasteiger partial charge >= 0.3 is 5.97 Å². The number of imide groups is 2. The second-order valence-corrected chi connectivity index (χ2v) is 13.7. The first-order valence-electron chi connectivity index (χ1n) is 15.6. The molecule has 0 radical (unpaired) electrons. The van der Waals surface area contributed by atoms with Crippen molar-refractivity contribution < 1.29 is 43.3 Å². The number of halogens is 3. The van der Waals surface area contributed by atoms with Gasteiger partial charge in [-0.1, -0.05) is 30.2 Å². The molecule has 6 unspecified atom stereocenters. The van der Waals surface area contributed by atoms with Crippen LogP contribution in [0.4, 0.5) is 10.1 Å². The molecule has 2 aromatic carbocycles. The van der Waals surface area contributed by atoms with Gasteiger partial charge in [-0.15, -0.1) is 23.2 Å². The summed E-state index contributed by atoms with van der Waals surface area (Å²) in [4.78, 5) is 64.9. The number of unbranched alkanes of at least 4 members (excludes halogenated alkanes) is 2. The van der Waals surface area contributed by atoms with E-state index in [-0.39, 0.29) is 61.1 Å². The molecule has 2 N–H and O–H groups in total. The number of rotatable bonds is 10. The summed E-state index contributed by atoms with van der Waals surface area (Å²) in [6.07, 6.45) is 3.02. The van der Waals surface area contributed by atoms with Crippen LogP contribution in [0.2, 0.25) is 0 Å². The summed E-state index contributed by atoms with van der Waals surface area (Å²) in [5.74, 6) is -7.85. The van der Waals surface area contributed by atoms with Crippen LogP contribution in [-0.4, -0.2) is 67.6 Å². The number of phenols is 1. The van der Waals surface area contributed by atoms with Crippen LogP contribution in [0.5, 0.6) is 11.5 Å². The molecule has 0 bridgehead atoms. The van der Waals surface area contributed by atoms with Crippen molar-refractivity contribution in [1.82, 2.24) is 4.90 Å². The van der Waals surface area contributed by atoms with Crippen molar-refractivity contribution in [1.29, 1.82) is 0 Å². The van der Waals surface area contributed by atoms with Gasteiger partial charge in [-0.25, -0.2) is 9.29 Å². The van der Waals surface area contributed by atoms with Crippen LogP contribution in [0, 0.1) is 23.6 Å². The molecule has 2 aliphatic heterocycles.